The van der Waals surface area contributed by atoms with Gasteiger partial charge in [0.25, 0.3) is 0 Å². The topological polar surface area (TPSA) is 51.2 Å². The van der Waals surface area contributed by atoms with Crippen molar-refractivity contribution in [2.45, 2.75) is 16.5 Å². The zero-order chi connectivity index (χ0) is 34.6. The van der Waals surface area contributed by atoms with Crippen molar-refractivity contribution in [3.8, 4) is 0 Å². The number of halogens is 18. The van der Waals surface area contributed by atoms with Gasteiger partial charge >= 0.3 is 16.5 Å². The Bertz CT molecular complexity index is 1810. The summed E-state index contributed by atoms with van der Waals surface area (Å²) in [5, 5.41) is -23.6. The Balaban J connectivity index is 2.49. The van der Waals surface area contributed by atoms with Crippen LogP contribution in [0.4, 0.5) is 79.0 Å². The maximum absolute atomic E-state index is 15.4. The van der Waals surface area contributed by atoms with Crippen molar-refractivity contribution in [2.75, 3.05) is 0 Å². The van der Waals surface area contributed by atoms with Crippen molar-refractivity contribution in [1.82, 2.24) is 0 Å². The fourth-order valence-corrected chi connectivity index (χ4v) is 5.91. The van der Waals surface area contributed by atoms with Gasteiger partial charge in [0.15, 0.2) is 32.4 Å². The van der Waals surface area contributed by atoms with E-state index in [2.05, 4.69) is 0 Å². The number of hydrogen-bond acceptors (Lipinski definition) is 3. The van der Waals surface area contributed by atoms with E-state index in [0.29, 0.717) is 0 Å². The van der Waals surface area contributed by atoms with Crippen LogP contribution in [0.2, 0.25) is 0 Å². The third-order valence-corrected chi connectivity index (χ3v) is 8.69. The summed E-state index contributed by atoms with van der Waals surface area (Å²) < 4.78 is 285. The van der Waals surface area contributed by atoms with Crippen LogP contribution in [0.5, 0.6) is 0 Å². The van der Waals surface area contributed by atoms with Gasteiger partial charge < -0.3 is 0 Å². The quantitative estimate of drug-likeness (QED) is 0.447. The van der Waals surface area contributed by atoms with Crippen LogP contribution < -0.4 is 31.3 Å². The Labute approximate surface area is 239 Å². The molecule has 246 valence electrons. The average molecular weight is 738 g/mol. The number of alkyl halides is 9. The molecule has 0 aliphatic heterocycles. The highest BCUT2D eigenvalue weighted by molar-refractivity contribution is 7.90. The molecular weight excluding hydrogens is 738 g/mol. The molecule has 1 aromatic rings. The van der Waals surface area contributed by atoms with Gasteiger partial charge in [0.1, 0.15) is 35.0 Å². The Morgan fingerprint density at radius 3 is 0.600 bits per heavy atom. The zero-order valence-electron chi connectivity index (χ0n) is 19.8. The summed E-state index contributed by atoms with van der Waals surface area (Å²) in [4.78, 5) is 0. The Morgan fingerprint density at radius 2 is 0.489 bits per heavy atom. The molecule has 3 nitrogen and oxygen atoms in total. The van der Waals surface area contributed by atoms with E-state index in [0.717, 1.165) is 0 Å². The lowest BCUT2D eigenvalue weighted by Gasteiger charge is -2.06. The molecule has 3 aliphatic carbocycles. The third-order valence-electron chi connectivity index (χ3n) is 5.84. The molecule has 0 radical (unpaired) electrons. The molecule has 0 spiro atoms. The highest BCUT2D eigenvalue weighted by atomic mass is 32.2. The SMILES string of the molecule is O=S(C(F)=C1C(F)=c2c3c(c4c(c2=C1F)=C(F)C(=C(F)S(=O)C(F)(F)F)C=4F)=C(F)C(=C(F)S(=O)C(F)(F)F)C=3F)C(F)(F)F. The lowest BCUT2D eigenvalue weighted by Crippen LogP contribution is -2.64. The Hall–Kier alpha value is -3.15. The normalized spacial score (nSPS) is 18.9. The van der Waals surface area contributed by atoms with Crippen molar-refractivity contribution < 1.29 is 91.7 Å². The summed E-state index contributed by atoms with van der Waals surface area (Å²) in [5.74, 6) is -17.5. The maximum Gasteiger partial charge on any atom is 0.478 e. The van der Waals surface area contributed by atoms with Gasteiger partial charge in [0, 0.05) is 31.3 Å². The first-order chi connectivity index (χ1) is 20.3. The third kappa shape index (κ3) is 5.02. The Morgan fingerprint density at radius 1 is 0.356 bits per heavy atom. The molecule has 0 heterocycles. The van der Waals surface area contributed by atoms with E-state index in [1.54, 1.807) is 0 Å². The van der Waals surface area contributed by atoms with Gasteiger partial charge in [-0.05, 0) is 0 Å². The first kappa shape index (κ1) is 34.7. The van der Waals surface area contributed by atoms with Crippen LogP contribution in [0.15, 0.2) is 32.2 Å². The predicted octanol–water partition coefficient (Wildman–Crippen LogP) is 3.54. The van der Waals surface area contributed by atoms with Gasteiger partial charge in [-0.3, -0.25) is 0 Å². The summed E-state index contributed by atoms with van der Waals surface area (Å²) in [7, 11) is -15.1. The second-order valence-corrected chi connectivity index (χ2v) is 12.3. The Kier molecular flexibility index (Phi) is 8.26. The van der Waals surface area contributed by atoms with E-state index in [9.17, 15) is 65.3 Å². The molecule has 0 fully saturated rings. The minimum absolute atomic E-state index is 2.26. The lowest BCUT2D eigenvalue weighted by molar-refractivity contribution is -0.0389. The van der Waals surface area contributed by atoms with E-state index >= 15 is 26.3 Å². The lowest BCUT2D eigenvalue weighted by atomic mass is 10.1. The van der Waals surface area contributed by atoms with Crippen molar-refractivity contribution in [1.29, 1.82) is 0 Å². The average Bonchev–Trinajstić information content (AvgIpc) is 3.43. The van der Waals surface area contributed by atoms with Crippen LogP contribution in [-0.4, -0.2) is 29.2 Å². The van der Waals surface area contributed by atoms with Gasteiger partial charge in [0.05, 0.1) is 16.7 Å². The number of benzene rings is 1. The molecule has 3 aliphatic rings. The molecule has 24 heteroatoms. The van der Waals surface area contributed by atoms with E-state index in [1.807, 2.05) is 0 Å². The molecule has 0 amide bonds. The number of allylic oxidation sites excluding steroid dienone is 3. The summed E-state index contributed by atoms with van der Waals surface area (Å²) in [6, 6.07) is 0. The molecule has 0 saturated carbocycles. The molecule has 0 saturated heterocycles. The number of rotatable bonds is 3. The molecular formula is C21F18O3S3. The zero-order valence-corrected chi connectivity index (χ0v) is 22.2. The second-order valence-electron chi connectivity index (χ2n) is 8.22. The highest BCUT2D eigenvalue weighted by Gasteiger charge is 2.47. The number of hydrogen-bond donors (Lipinski definition) is 0. The smallest absolute Gasteiger partial charge is 0.243 e. The summed E-state index contributed by atoms with van der Waals surface area (Å²) in [6.07, 6.45) is 0. The van der Waals surface area contributed by atoms with E-state index in [-0.39, 0.29) is 0 Å². The van der Waals surface area contributed by atoms with Crippen LogP contribution in [-0.2, 0) is 32.4 Å². The summed E-state index contributed by atoms with van der Waals surface area (Å²) in [5.41, 5.74) is -26.8. The largest absolute Gasteiger partial charge is 0.478 e. The molecule has 0 N–H and O–H groups in total. The predicted molar refractivity (Wildman–Crippen MR) is 118 cm³/mol. The van der Waals surface area contributed by atoms with Crippen LogP contribution in [0.1, 0.15) is 0 Å². The standard InChI is InChI=1S/C21F18O3S3/c22-10-1-2(11(23)7(10)16(28)43(40)19(31,32)33)4-6(15(27)9(14(4)26)18(30)45(42)21(37,38)39)5-3(1)12(24)8(13(5)25)17(29)44(41)20(34,35)36. The molecule has 3 unspecified atom stereocenters. The summed E-state index contributed by atoms with van der Waals surface area (Å²) in [6.45, 7) is 0. The first-order valence-electron chi connectivity index (χ1n) is 10.4. The fourth-order valence-electron chi connectivity index (χ4n) is 4.21. The first-order valence-corrected chi connectivity index (χ1v) is 13.8. The summed E-state index contributed by atoms with van der Waals surface area (Å²) >= 11 is 0. The van der Waals surface area contributed by atoms with Crippen molar-refractivity contribution >= 4 is 67.4 Å². The minimum atomic E-state index is -6.17. The van der Waals surface area contributed by atoms with E-state index in [1.165, 1.54) is 0 Å². The van der Waals surface area contributed by atoms with Crippen LogP contribution in [0.3, 0.4) is 0 Å². The molecule has 0 aromatic heterocycles. The fraction of sp³-hybridized carbons (Fsp3) is 0.143. The van der Waals surface area contributed by atoms with Crippen LogP contribution in [0.25, 0.3) is 35.0 Å². The van der Waals surface area contributed by atoms with Gasteiger partial charge in [0.2, 0.25) is 15.5 Å². The monoisotopic (exact) mass is 738 g/mol. The maximum atomic E-state index is 15.4. The van der Waals surface area contributed by atoms with E-state index < -0.39 is 147 Å². The van der Waals surface area contributed by atoms with Crippen LogP contribution in [0, 0.1) is 0 Å². The molecule has 3 atom stereocenters. The second kappa shape index (κ2) is 10.7. The van der Waals surface area contributed by atoms with Crippen LogP contribution >= 0.6 is 0 Å². The van der Waals surface area contributed by atoms with Gasteiger partial charge in [-0.1, -0.05) is 0 Å². The minimum Gasteiger partial charge on any atom is -0.243 e. The highest BCUT2D eigenvalue weighted by Crippen LogP contribution is 2.39. The number of fused-ring (bicyclic) bond motifs is 6. The molecule has 1 aromatic carbocycles. The van der Waals surface area contributed by atoms with Gasteiger partial charge in [-0.2, -0.15) is 52.7 Å². The molecule has 45 heavy (non-hydrogen) atoms. The van der Waals surface area contributed by atoms with E-state index in [4.69, 9.17) is 0 Å². The van der Waals surface area contributed by atoms with Crippen molar-refractivity contribution in [3.63, 3.8) is 0 Å². The van der Waals surface area contributed by atoms with Gasteiger partial charge in [-0.25, -0.2) is 39.0 Å². The van der Waals surface area contributed by atoms with Crippen molar-refractivity contribution in [3.05, 3.63) is 63.5 Å². The van der Waals surface area contributed by atoms with Gasteiger partial charge in [-0.15, -0.1) is 0 Å². The molecule has 0 bridgehead atoms. The molecule has 4 rings (SSSR count). The van der Waals surface area contributed by atoms with Crippen molar-refractivity contribution in [2.24, 2.45) is 0 Å².